The lowest BCUT2D eigenvalue weighted by Gasteiger charge is -2.36. The maximum absolute atomic E-state index is 5.62. The van der Waals surface area contributed by atoms with Gasteiger partial charge in [0.2, 0.25) is 0 Å². The van der Waals surface area contributed by atoms with Crippen molar-refractivity contribution in [2.45, 2.75) is 129 Å². The van der Waals surface area contributed by atoms with Crippen molar-refractivity contribution < 1.29 is 69.8 Å². The number of ether oxygens (including phenoxy) is 9. The summed E-state index contributed by atoms with van der Waals surface area (Å²) in [5.41, 5.74) is 16.2. The van der Waals surface area contributed by atoms with Crippen LogP contribution in [-0.2, 0) is 61.0 Å². The Morgan fingerprint density at radius 3 is 0.921 bits per heavy atom. The second-order valence-corrected chi connectivity index (χ2v) is 31.8. The minimum atomic E-state index is 0.456. The zero-order valence-corrected chi connectivity index (χ0v) is 76.1. The van der Waals surface area contributed by atoms with Crippen LogP contribution in [0.4, 0.5) is 22.9 Å². The standard InChI is InChI=1S/C17H23N3O.3C17H23NO4.C16H21N3O.C15H19N3O/c1-14-3-5-17(6-4-14)20-11-9-19(10-12-20)8-7-16-13-15(2)21-18-16;1-14-4-6-17(7-5-14)21-9-3-8-19-10-11-20-13-16-12-15(2)22-18-16;1-14-4-6-17(7-5-14)21-11-10-19-8-3-9-20-13-16-12-15(2)22-18-16;1-14-3-5-17(6-4-14)21-12-11-20-10-9-19-8-7-16-13-15(2)22-18-16;1-13-3-5-16(6-4-13)19-9-7-18(8-10-19)12-15-11-14(2)20-17-15;1-12-3-5-14(6-4-12)17-7-9-18(10-8-17)15-11-13(2)19-16-15/h3-6,13H,7-12H2,1-2H3;2*4-7,12H,3,8-11,13H2,1-2H3;3-6,13H,7-12H2,1-2H3;3-6,11H,7-10,12H2,1-2H3;3-6,11H,7-10H2,1-2H3. The summed E-state index contributed by atoms with van der Waals surface area (Å²) in [4.78, 5) is 14.6. The average Bonchev–Trinajstić information content (AvgIpc) is 1.24. The fraction of sp³-hybridized carbons (Fsp3) is 0.455. The lowest BCUT2D eigenvalue weighted by molar-refractivity contribution is 0.0351. The Bertz CT molecular complexity index is 4610. The summed E-state index contributed by atoms with van der Waals surface area (Å²) in [5.74, 6) is 8.68. The smallest absolute Gasteiger partial charge is 0.172 e. The molecule has 0 unspecified atom stereocenters. The van der Waals surface area contributed by atoms with Crippen molar-refractivity contribution in [3.63, 3.8) is 0 Å². The zero-order valence-electron chi connectivity index (χ0n) is 76.1. The first kappa shape index (κ1) is 97.1. The first-order chi connectivity index (χ1) is 61.3. The van der Waals surface area contributed by atoms with E-state index >= 15 is 0 Å². The molecule has 12 aromatic rings. The van der Waals surface area contributed by atoms with Crippen LogP contribution in [-0.4, -0.2) is 212 Å². The number of benzene rings is 6. The third kappa shape index (κ3) is 37.6. The molecule has 27 heteroatoms. The van der Waals surface area contributed by atoms with Crippen molar-refractivity contribution in [1.29, 1.82) is 0 Å². The molecule has 0 amide bonds. The van der Waals surface area contributed by atoms with Crippen molar-refractivity contribution >= 4 is 22.9 Å². The average molecular weight is 1730 g/mol. The van der Waals surface area contributed by atoms with Crippen molar-refractivity contribution in [1.82, 2.24) is 40.7 Å². The van der Waals surface area contributed by atoms with Crippen molar-refractivity contribution in [2.24, 2.45) is 0 Å². The quantitative estimate of drug-likeness (QED) is 0.0324. The predicted octanol–water partition coefficient (Wildman–Crippen LogP) is 17.4. The summed E-state index contributed by atoms with van der Waals surface area (Å²) in [6.07, 6.45) is 3.44. The summed E-state index contributed by atoms with van der Waals surface area (Å²) in [6.45, 7) is 47.3. The second kappa shape index (κ2) is 54.7. The van der Waals surface area contributed by atoms with Gasteiger partial charge in [0, 0.05) is 184 Å². The first-order valence-corrected chi connectivity index (χ1v) is 44.1. The molecule has 9 heterocycles. The van der Waals surface area contributed by atoms with Gasteiger partial charge in [-0.3, -0.25) is 9.80 Å². The van der Waals surface area contributed by atoms with Crippen molar-refractivity contribution in [2.75, 3.05) is 191 Å². The van der Waals surface area contributed by atoms with E-state index in [2.05, 4.69) is 175 Å². The molecule has 3 aliphatic rings. The third-order valence-corrected chi connectivity index (χ3v) is 20.7. The summed E-state index contributed by atoms with van der Waals surface area (Å²) in [7, 11) is 0. The highest BCUT2D eigenvalue weighted by atomic mass is 16.6. The normalized spacial score (nSPS) is 13.4. The SMILES string of the molecule is Cc1ccc(N2CCN(CCc3cc(C)on3)CC2)cc1.Cc1ccc(N2CCN(Cc3cc(C)on3)CC2)cc1.Cc1ccc(N2CCN(c3cc(C)on3)CC2)cc1.Cc1ccc(OCCCOCCOCc2cc(C)on2)cc1.Cc1ccc(OCCOCCCOCc2cc(C)on2)cc1.Cc1ccc(OCCOCCOCCc2cc(C)on2)cc1. The minimum Gasteiger partial charge on any atom is -0.494 e. The van der Waals surface area contributed by atoms with Crippen LogP contribution in [0.15, 0.2) is 209 Å². The highest BCUT2D eigenvalue weighted by molar-refractivity contribution is 5.51. The molecule has 6 aromatic heterocycles. The van der Waals surface area contributed by atoms with E-state index in [9.17, 15) is 0 Å². The first-order valence-electron chi connectivity index (χ1n) is 44.1. The number of anilines is 4. The van der Waals surface area contributed by atoms with E-state index in [0.717, 1.165) is 203 Å². The van der Waals surface area contributed by atoms with Gasteiger partial charge in [0.15, 0.2) is 5.82 Å². The van der Waals surface area contributed by atoms with E-state index in [1.807, 2.05) is 151 Å². The molecule has 3 saturated heterocycles. The summed E-state index contributed by atoms with van der Waals surface area (Å²) < 4.78 is 79.9. The second-order valence-electron chi connectivity index (χ2n) is 31.8. The molecule has 678 valence electrons. The Hall–Kier alpha value is -11.1. The molecule has 0 N–H and O–H groups in total. The Balaban J connectivity index is 0.000000158. The van der Waals surface area contributed by atoms with Gasteiger partial charge in [-0.25, -0.2) is 0 Å². The molecule has 6 aromatic carbocycles. The Morgan fingerprint density at radius 2 is 0.532 bits per heavy atom. The molecule has 15 rings (SSSR count). The van der Waals surface area contributed by atoms with Crippen molar-refractivity contribution in [3.05, 3.63) is 278 Å². The van der Waals surface area contributed by atoms with Gasteiger partial charge in [-0.05, 0) is 162 Å². The number of hydrogen-bond donors (Lipinski definition) is 0. The van der Waals surface area contributed by atoms with E-state index < -0.39 is 0 Å². The topological polar surface area (TPSA) is 259 Å². The zero-order chi connectivity index (χ0) is 88.7. The van der Waals surface area contributed by atoms with Crippen LogP contribution in [0.3, 0.4) is 0 Å². The molecule has 3 fully saturated rings. The molecular formula is C99H132N12O15. The van der Waals surface area contributed by atoms with Crippen LogP contribution >= 0.6 is 0 Å². The number of piperazine rings is 3. The molecule has 0 spiro atoms. The Labute approximate surface area is 744 Å². The van der Waals surface area contributed by atoms with Crippen molar-refractivity contribution in [3.8, 4) is 17.2 Å². The Morgan fingerprint density at radius 1 is 0.246 bits per heavy atom. The maximum Gasteiger partial charge on any atom is 0.172 e. The van der Waals surface area contributed by atoms with E-state index in [1.54, 1.807) is 0 Å². The minimum absolute atomic E-state index is 0.456. The van der Waals surface area contributed by atoms with Gasteiger partial charge in [0.1, 0.15) is 76.4 Å². The highest BCUT2D eigenvalue weighted by Crippen LogP contribution is 2.24. The highest BCUT2D eigenvalue weighted by Gasteiger charge is 2.22. The molecule has 0 saturated carbocycles. The Kier molecular flexibility index (Phi) is 42.1. The number of rotatable bonds is 39. The van der Waals surface area contributed by atoms with E-state index in [0.29, 0.717) is 99.1 Å². The molecule has 0 bridgehead atoms. The van der Waals surface area contributed by atoms with Crippen LogP contribution in [0.2, 0.25) is 0 Å². The summed E-state index contributed by atoms with van der Waals surface area (Å²) in [5, 5.41) is 23.8. The fourth-order valence-electron chi connectivity index (χ4n) is 13.5. The predicted molar refractivity (Wildman–Crippen MR) is 491 cm³/mol. The largest absolute Gasteiger partial charge is 0.494 e. The molecule has 0 aliphatic carbocycles. The van der Waals surface area contributed by atoms with Crippen LogP contribution in [0.1, 0.15) is 109 Å². The molecule has 0 atom stereocenters. The number of nitrogens with zero attached hydrogens (tertiary/aromatic N) is 12. The monoisotopic (exact) mass is 1730 g/mol. The molecule has 0 radical (unpaired) electrons. The van der Waals surface area contributed by atoms with Crippen LogP contribution in [0.5, 0.6) is 17.2 Å². The molecule has 3 aliphatic heterocycles. The van der Waals surface area contributed by atoms with Crippen LogP contribution in [0, 0.1) is 83.1 Å². The third-order valence-electron chi connectivity index (χ3n) is 20.7. The van der Waals surface area contributed by atoms with Gasteiger partial charge in [0.05, 0.1) is 83.2 Å². The number of aromatic nitrogens is 6. The van der Waals surface area contributed by atoms with E-state index in [4.69, 9.17) is 69.8 Å². The van der Waals surface area contributed by atoms with E-state index in [1.165, 1.54) is 50.4 Å². The fourth-order valence-corrected chi connectivity index (χ4v) is 13.5. The van der Waals surface area contributed by atoms with Crippen LogP contribution < -0.4 is 33.8 Å². The van der Waals surface area contributed by atoms with Crippen LogP contribution in [0.25, 0.3) is 0 Å². The maximum atomic E-state index is 5.62. The lowest BCUT2D eigenvalue weighted by Crippen LogP contribution is -2.47. The summed E-state index contributed by atoms with van der Waals surface area (Å²) >= 11 is 0. The lowest BCUT2D eigenvalue weighted by atomic mass is 10.2. The molecule has 27 nitrogen and oxygen atoms in total. The van der Waals surface area contributed by atoms with Gasteiger partial charge in [-0.1, -0.05) is 137 Å². The van der Waals surface area contributed by atoms with Gasteiger partial charge in [-0.2, -0.15) is 0 Å². The van der Waals surface area contributed by atoms with Gasteiger partial charge >= 0.3 is 0 Å². The van der Waals surface area contributed by atoms with E-state index in [-0.39, 0.29) is 0 Å². The van der Waals surface area contributed by atoms with Gasteiger partial charge < -0.3 is 89.4 Å². The number of hydrogen-bond acceptors (Lipinski definition) is 27. The molecular weight excluding hydrogens is 1600 g/mol. The summed E-state index contributed by atoms with van der Waals surface area (Å²) in [6, 6.07) is 62.1. The van der Waals surface area contributed by atoms with Gasteiger partial charge in [0.25, 0.3) is 0 Å². The van der Waals surface area contributed by atoms with Gasteiger partial charge in [-0.15, -0.1) is 0 Å². The number of aryl methyl sites for hydroxylation is 12. The molecule has 126 heavy (non-hydrogen) atoms.